The second-order valence-corrected chi connectivity index (χ2v) is 4.71. The fourth-order valence-corrected chi connectivity index (χ4v) is 2.06. The molecule has 1 aromatic heterocycles. The third-order valence-corrected chi connectivity index (χ3v) is 3.03. The average molecular weight is 219 g/mol. The van der Waals surface area contributed by atoms with E-state index in [1.54, 1.807) is 0 Å². The van der Waals surface area contributed by atoms with E-state index >= 15 is 0 Å². The van der Waals surface area contributed by atoms with Crippen molar-refractivity contribution in [2.75, 3.05) is 13.1 Å². The highest BCUT2D eigenvalue weighted by atomic mass is 15.2. The largest absolute Gasteiger partial charge is 0.330 e. The topological polar surface area (TPSA) is 42.2 Å². The number of nitrogens with two attached hydrogens (primary N) is 1. The van der Waals surface area contributed by atoms with Crippen molar-refractivity contribution in [3.63, 3.8) is 0 Å². The Labute approximate surface area is 97.7 Å². The lowest BCUT2D eigenvalue weighted by atomic mass is 10.2. The van der Waals surface area contributed by atoms with Gasteiger partial charge in [0.05, 0.1) is 0 Å². The van der Waals surface area contributed by atoms with Crippen LogP contribution in [-0.4, -0.2) is 29.0 Å². The second kappa shape index (κ2) is 5.41. The van der Waals surface area contributed by atoms with Crippen LogP contribution in [0.1, 0.15) is 30.4 Å². The molecule has 0 atom stereocenters. The number of aromatic nitrogens is 1. The molecule has 1 aliphatic rings. The minimum absolute atomic E-state index is 0.787. The normalized spacial score (nSPS) is 15.7. The van der Waals surface area contributed by atoms with Gasteiger partial charge in [0.15, 0.2) is 0 Å². The molecule has 3 nitrogen and oxygen atoms in total. The minimum Gasteiger partial charge on any atom is -0.330 e. The molecule has 0 saturated heterocycles. The van der Waals surface area contributed by atoms with E-state index in [2.05, 4.69) is 22.9 Å². The van der Waals surface area contributed by atoms with E-state index in [0.29, 0.717) is 0 Å². The maximum atomic E-state index is 5.58. The Bertz CT molecular complexity index is 334. The first-order valence-electron chi connectivity index (χ1n) is 6.14. The maximum absolute atomic E-state index is 5.58. The zero-order valence-corrected chi connectivity index (χ0v) is 10.0. The summed E-state index contributed by atoms with van der Waals surface area (Å²) < 4.78 is 0. The third kappa shape index (κ3) is 3.29. The van der Waals surface area contributed by atoms with Crippen LogP contribution in [0.3, 0.4) is 0 Å². The highest BCUT2D eigenvalue weighted by Gasteiger charge is 2.28. The molecule has 2 N–H and O–H groups in total. The fourth-order valence-electron chi connectivity index (χ4n) is 2.06. The van der Waals surface area contributed by atoms with E-state index < -0.39 is 0 Å². The van der Waals surface area contributed by atoms with Crippen LogP contribution in [0.2, 0.25) is 0 Å². The molecule has 0 unspecified atom stereocenters. The van der Waals surface area contributed by atoms with Gasteiger partial charge in [0.25, 0.3) is 0 Å². The van der Waals surface area contributed by atoms with E-state index in [4.69, 9.17) is 5.73 Å². The predicted octanol–water partition coefficient (Wildman–Crippen LogP) is 1.70. The van der Waals surface area contributed by atoms with Gasteiger partial charge in [0, 0.05) is 25.0 Å². The van der Waals surface area contributed by atoms with Crippen LogP contribution in [0.5, 0.6) is 0 Å². The molecule has 2 rings (SSSR count). The van der Waals surface area contributed by atoms with Gasteiger partial charge in [-0.2, -0.15) is 0 Å². The van der Waals surface area contributed by atoms with E-state index in [1.165, 1.54) is 24.0 Å². The first-order chi connectivity index (χ1) is 7.79. The number of nitrogens with zero attached hydrogens (tertiary/aromatic N) is 2. The predicted molar refractivity (Wildman–Crippen MR) is 66.1 cm³/mol. The number of hydrogen-bond donors (Lipinski definition) is 1. The molecule has 1 aromatic rings. The van der Waals surface area contributed by atoms with Crippen LogP contribution >= 0.6 is 0 Å². The molecular formula is C13H21N3. The van der Waals surface area contributed by atoms with E-state index in [1.807, 2.05) is 12.4 Å². The van der Waals surface area contributed by atoms with Crippen molar-refractivity contribution >= 4 is 0 Å². The van der Waals surface area contributed by atoms with Gasteiger partial charge in [-0.1, -0.05) is 6.07 Å². The number of pyridine rings is 1. The van der Waals surface area contributed by atoms with Gasteiger partial charge in [0.2, 0.25) is 0 Å². The molecule has 88 valence electrons. The summed E-state index contributed by atoms with van der Waals surface area (Å²) in [5.41, 5.74) is 8.14. The molecule has 0 bridgehead atoms. The Morgan fingerprint density at radius 3 is 2.88 bits per heavy atom. The van der Waals surface area contributed by atoms with E-state index in [-0.39, 0.29) is 0 Å². The van der Waals surface area contributed by atoms with Crippen molar-refractivity contribution in [2.45, 2.75) is 38.8 Å². The van der Waals surface area contributed by atoms with Crippen molar-refractivity contribution in [3.8, 4) is 0 Å². The van der Waals surface area contributed by atoms with Crippen LogP contribution in [-0.2, 0) is 6.54 Å². The average Bonchev–Trinajstić information content (AvgIpc) is 3.08. The smallest absolute Gasteiger partial charge is 0.0313 e. The SMILES string of the molecule is Cc1cncc(CN(CCCN)C2CC2)c1. The van der Waals surface area contributed by atoms with Crippen LogP contribution < -0.4 is 5.73 Å². The van der Waals surface area contributed by atoms with Gasteiger partial charge in [0.1, 0.15) is 0 Å². The summed E-state index contributed by atoms with van der Waals surface area (Å²) >= 11 is 0. The quantitative estimate of drug-likeness (QED) is 0.792. The molecule has 0 amide bonds. The number of hydrogen-bond acceptors (Lipinski definition) is 3. The Balaban J connectivity index is 1.94. The van der Waals surface area contributed by atoms with Crippen LogP contribution in [0.4, 0.5) is 0 Å². The van der Waals surface area contributed by atoms with Crippen molar-refractivity contribution in [3.05, 3.63) is 29.6 Å². The van der Waals surface area contributed by atoms with E-state index in [9.17, 15) is 0 Å². The Morgan fingerprint density at radius 1 is 1.44 bits per heavy atom. The lowest BCUT2D eigenvalue weighted by Crippen LogP contribution is -2.28. The number of rotatable bonds is 6. The molecule has 0 spiro atoms. The Hall–Kier alpha value is -0.930. The molecule has 1 fully saturated rings. The lowest BCUT2D eigenvalue weighted by Gasteiger charge is -2.21. The van der Waals surface area contributed by atoms with Gasteiger partial charge >= 0.3 is 0 Å². The van der Waals surface area contributed by atoms with Crippen LogP contribution in [0.25, 0.3) is 0 Å². The molecule has 0 aromatic carbocycles. The molecule has 1 aliphatic carbocycles. The van der Waals surface area contributed by atoms with Gasteiger partial charge in [-0.3, -0.25) is 9.88 Å². The summed E-state index contributed by atoms with van der Waals surface area (Å²) in [6.07, 6.45) is 7.68. The van der Waals surface area contributed by atoms with Crippen molar-refractivity contribution in [2.24, 2.45) is 5.73 Å². The maximum Gasteiger partial charge on any atom is 0.0313 e. The zero-order chi connectivity index (χ0) is 11.4. The molecular weight excluding hydrogens is 198 g/mol. The van der Waals surface area contributed by atoms with Crippen LogP contribution in [0.15, 0.2) is 18.5 Å². The van der Waals surface area contributed by atoms with Crippen LogP contribution in [0, 0.1) is 6.92 Å². The Morgan fingerprint density at radius 2 is 2.25 bits per heavy atom. The molecule has 16 heavy (non-hydrogen) atoms. The van der Waals surface area contributed by atoms with Gasteiger partial charge in [-0.05, 0) is 50.4 Å². The molecule has 1 saturated carbocycles. The summed E-state index contributed by atoms with van der Waals surface area (Å²) in [6.45, 7) is 5.03. The lowest BCUT2D eigenvalue weighted by molar-refractivity contribution is 0.253. The fraction of sp³-hybridized carbons (Fsp3) is 0.615. The summed E-state index contributed by atoms with van der Waals surface area (Å²) in [7, 11) is 0. The third-order valence-electron chi connectivity index (χ3n) is 3.03. The molecule has 0 radical (unpaired) electrons. The highest BCUT2D eigenvalue weighted by molar-refractivity contribution is 5.16. The number of aryl methyl sites for hydroxylation is 1. The standard InChI is InChI=1S/C13H21N3/c1-11-7-12(9-15-8-11)10-16(6-2-5-14)13-3-4-13/h7-9,13H,2-6,10,14H2,1H3. The van der Waals surface area contributed by atoms with Gasteiger partial charge in [-0.25, -0.2) is 0 Å². The summed E-state index contributed by atoms with van der Waals surface area (Å²) in [4.78, 5) is 6.79. The van der Waals surface area contributed by atoms with Gasteiger partial charge in [-0.15, -0.1) is 0 Å². The summed E-state index contributed by atoms with van der Waals surface area (Å²) in [5.74, 6) is 0. The summed E-state index contributed by atoms with van der Waals surface area (Å²) in [6, 6.07) is 3.03. The molecule has 3 heteroatoms. The van der Waals surface area contributed by atoms with Crippen molar-refractivity contribution < 1.29 is 0 Å². The second-order valence-electron chi connectivity index (χ2n) is 4.71. The zero-order valence-electron chi connectivity index (χ0n) is 10.0. The highest BCUT2D eigenvalue weighted by Crippen LogP contribution is 2.28. The summed E-state index contributed by atoms with van der Waals surface area (Å²) in [5, 5.41) is 0. The van der Waals surface area contributed by atoms with Crippen molar-refractivity contribution in [1.29, 1.82) is 0 Å². The van der Waals surface area contributed by atoms with E-state index in [0.717, 1.165) is 32.1 Å². The van der Waals surface area contributed by atoms with Gasteiger partial charge < -0.3 is 5.73 Å². The first-order valence-corrected chi connectivity index (χ1v) is 6.14. The first kappa shape index (κ1) is 11.6. The monoisotopic (exact) mass is 219 g/mol. The minimum atomic E-state index is 0.787. The molecule has 1 heterocycles. The molecule has 0 aliphatic heterocycles. The van der Waals surface area contributed by atoms with Crippen molar-refractivity contribution in [1.82, 2.24) is 9.88 Å². The Kier molecular flexibility index (Phi) is 3.91.